The van der Waals surface area contributed by atoms with Crippen molar-refractivity contribution < 1.29 is 19.1 Å². The summed E-state index contributed by atoms with van der Waals surface area (Å²) in [6.45, 7) is 6.27. The molecule has 0 aliphatic rings. The van der Waals surface area contributed by atoms with Gasteiger partial charge in [-0.1, -0.05) is 97.3 Å². The maximum atomic E-state index is 11.8. The van der Waals surface area contributed by atoms with Gasteiger partial charge in [0, 0.05) is 6.42 Å². The van der Waals surface area contributed by atoms with E-state index in [-0.39, 0.29) is 5.97 Å². The highest BCUT2D eigenvalue weighted by Gasteiger charge is 2.18. The monoisotopic (exact) mass is 384 g/mol. The normalized spacial score (nSPS) is 12.0. The van der Waals surface area contributed by atoms with Crippen LogP contribution in [0, 0.1) is 0 Å². The molecule has 0 bridgehead atoms. The third kappa shape index (κ3) is 18.1. The molecule has 0 saturated heterocycles. The lowest BCUT2D eigenvalue weighted by Gasteiger charge is -2.12. The van der Waals surface area contributed by atoms with Gasteiger partial charge in [-0.3, -0.25) is 4.79 Å². The maximum absolute atomic E-state index is 11.8. The van der Waals surface area contributed by atoms with Crippen molar-refractivity contribution in [3.8, 4) is 0 Å². The van der Waals surface area contributed by atoms with Gasteiger partial charge in [0.05, 0.1) is 6.61 Å². The van der Waals surface area contributed by atoms with Crippen molar-refractivity contribution in [2.75, 3.05) is 6.61 Å². The Morgan fingerprint density at radius 3 is 1.59 bits per heavy atom. The molecule has 0 saturated carbocycles. The minimum atomic E-state index is -0.795. The average molecular weight is 385 g/mol. The van der Waals surface area contributed by atoms with Crippen LogP contribution in [0.1, 0.15) is 124 Å². The Balaban J connectivity index is 3.39. The molecular weight excluding hydrogens is 340 g/mol. The van der Waals surface area contributed by atoms with E-state index in [9.17, 15) is 9.59 Å². The number of esters is 2. The third-order valence-electron chi connectivity index (χ3n) is 4.87. The molecule has 0 rings (SSSR count). The van der Waals surface area contributed by atoms with Crippen molar-refractivity contribution in [3.05, 3.63) is 0 Å². The highest BCUT2D eigenvalue weighted by molar-refractivity contribution is 5.78. The van der Waals surface area contributed by atoms with Crippen LogP contribution < -0.4 is 0 Å². The number of hydrogen-bond donors (Lipinski definition) is 0. The van der Waals surface area contributed by atoms with E-state index < -0.39 is 12.1 Å². The second-order valence-electron chi connectivity index (χ2n) is 7.65. The predicted molar refractivity (Wildman–Crippen MR) is 112 cm³/mol. The average Bonchev–Trinajstić information content (AvgIpc) is 2.65. The minimum absolute atomic E-state index is 0.294. The van der Waals surface area contributed by atoms with Crippen molar-refractivity contribution in [1.82, 2.24) is 0 Å². The molecule has 0 radical (unpaired) electrons. The summed E-state index contributed by atoms with van der Waals surface area (Å²) in [5.74, 6) is -0.736. The van der Waals surface area contributed by atoms with Gasteiger partial charge in [-0.15, -0.1) is 0 Å². The molecule has 0 spiro atoms. The molecule has 0 amide bonds. The predicted octanol–water partition coefficient (Wildman–Crippen LogP) is 6.74. The number of carbonyl (C=O) groups excluding carboxylic acids is 2. The van der Waals surface area contributed by atoms with Crippen LogP contribution in [-0.2, 0) is 19.1 Å². The Labute approximate surface area is 167 Å². The molecule has 0 heterocycles. The van der Waals surface area contributed by atoms with E-state index in [4.69, 9.17) is 9.47 Å². The van der Waals surface area contributed by atoms with Crippen molar-refractivity contribution in [2.45, 2.75) is 130 Å². The summed E-state index contributed by atoms with van der Waals surface area (Å²) in [5, 5.41) is 0. The Morgan fingerprint density at radius 1 is 0.667 bits per heavy atom. The van der Waals surface area contributed by atoms with Crippen molar-refractivity contribution in [2.24, 2.45) is 0 Å². The molecule has 160 valence electrons. The van der Waals surface area contributed by atoms with Gasteiger partial charge in [-0.2, -0.15) is 0 Å². The smallest absolute Gasteiger partial charge is 0.347 e. The maximum Gasteiger partial charge on any atom is 0.347 e. The first-order valence-electron chi connectivity index (χ1n) is 11.5. The molecular formula is C23H44O4. The number of hydrogen-bond acceptors (Lipinski definition) is 4. The van der Waals surface area contributed by atoms with Crippen LogP contribution in [0.4, 0.5) is 0 Å². The molecule has 4 nitrogen and oxygen atoms in total. The first-order chi connectivity index (χ1) is 13.1. The van der Waals surface area contributed by atoms with Crippen molar-refractivity contribution in [1.29, 1.82) is 0 Å². The minimum Gasteiger partial charge on any atom is -0.463 e. The summed E-state index contributed by atoms with van der Waals surface area (Å²) in [6, 6.07) is 0. The van der Waals surface area contributed by atoms with E-state index in [0.29, 0.717) is 13.0 Å². The number of ether oxygens (including phenoxy) is 2. The Hall–Kier alpha value is -1.06. The first-order valence-corrected chi connectivity index (χ1v) is 11.5. The fourth-order valence-corrected chi connectivity index (χ4v) is 3.03. The fraction of sp³-hybridized carbons (Fsp3) is 0.913. The van der Waals surface area contributed by atoms with Gasteiger partial charge in [0.15, 0.2) is 6.10 Å². The zero-order chi connectivity index (χ0) is 20.2. The lowest BCUT2D eigenvalue weighted by molar-refractivity contribution is -0.166. The summed E-state index contributed by atoms with van der Waals surface area (Å²) >= 11 is 0. The van der Waals surface area contributed by atoms with Gasteiger partial charge in [-0.25, -0.2) is 4.79 Å². The van der Waals surface area contributed by atoms with Gasteiger partial charge in [-0.05, 0) is 19.8 Å². The molecule has 0 aliphatic heterocycles. The van der Waals surface area contributed by atoms with E-state index in [0.717, 1.165) is 25.7 Å². The van der Waals surface area contributed by atoms with E-state index in [1.165, 1.54) is 70.6 Å². The van der Waals surface area contributed by atoms with Crippen molar-refractivity contribution in [3.63, 3.8) is 0 Å². The van der Waals surface area contributed by atoms with Crippen LogP contribution in [0.3, 0.4) is 0 Å². The molecule has 0 aromatic heterocycles. The van der Waals surface area contributed by atoms with Gasteiger partial charge >= 0.3 is 11.9 Å². The number of unbranched alkanes of at least 4 members (excludes halogenated alkanes) is 13. The molecule has 4 heteroatoms. The zero-order valence-corrected chi connectivity index (χ0v) is 18.2. The second-order valence-corrected chi connectivity index (χ2v) is 7.65. The number of rotatable bonds is 19. The number of carbonyl (C=O) groups is 2. The molecule has 1 atom stereocenters. The van der Waals surface area contributed by atoms with Crippen LogP contribution in [0.25, 0.3) is 0 Å². The highest BCUT2D eigenvalue weighted by atomic mass is 16.6. The molecule has 0 aromatic carbocycles. The SMILES string of the molecule is CCCCCCCCCCCCCCCC(=O)OC(C)C(=O)OCCCC. The highest BCUT2D eigenvalue weighted by Crippen LogP contribution is 2.13. The fourth-order valence-electron chi connectivity index (χ4n) is 3.03. The van der Waals surface area contributed by atoms with Gasteiger partial charge in [0.25, 0.3) is 0 Å². The van der Waals surface area contributed by atoms with Gasteiger partial charge in [0.1, 0.15) is 0 Å². The van der Waals surface area contributed by atoms with Gasteiger partial charge < -0.3 is 9.47 Å². The van der Waals surface area contributed by atoms with Gasteiger partial charge in [0.2, 0.25) is 0 Å². The summed E-state index contributed by atoms with van der Waals surface area (Å²) in [4.78, 5) is 23.4. The van der Waals surface area contributed by atoms with Crippen LogP contribution in [0.2, 0.25) is 0 Å². The summed E-state index contributed by atoms with van der Waals surface area (Å²) in [6.07, 6.45) is 18.0. The van der Waals surface area contributed by atoms with Crippen LogP contribution >= 0.6 is 0 Å². The van der Waals surface area contributed by atoms with E-state index in [2.05, 4.69) is 6.92 Å². The Morgan fingerprint density at radius 2 is 1.11 bits per heavy atom. The summed E-state index contributed by atoms with van der Waals surface area (Å²) in [7, 11) is 0. The zero-order valence-electron chi connectivity index (χ0n) is 18.2. The molecule has 0 fully saturated rings. The Kier molecular flexibility index (Phi) is 18.9. The standard InChI is InChI=1S/C23H44O4/c1-4-6-8-9-10-11-12-13-14-15-16-17-18-19-22(24)27-21(3)23(25)26-20-7-5-2/h21H,4-20H2,1-3H3. The van der Waals surface area contributed by atoms with Crippen molar-refractivity contribution >= 4 is 11.9 Å². The van der Waals surface area contributed by atoms with E-state index in [1.54, 1.807) is 6.92 Å². The Bertz CT molecular complexity index is 354. The largest absolute Gasteiger partial charge is 0.463 e. The van der Waals surface area contributed by atoms with Crippen LogP contribution in [-0.4, -0.2) is 24.6 Å². The van der Waals surface area contributed by atoms with E-state index >= 15 is 0 Å². The lowest BCUT2D eigenvalue weighted by Crippen LogP contribution is -2.26. The second kappa shape index (κ2) is 19.7. The lowest BCUT2D eigenvalue weighted by atomic mass is 10.0. The van der Waals surface area contributed by atoms with Crippen LogP contribution in [0.15, 0.2) is 0 Å². The first kappa shape index (κ1) is 25.9. The molecule has 0 aromatic rings. The molecule has 0 N–H and O–H groups in total. The van der Waals surface area contributed by atoms with Crippen LogP contribution in [0.5, 0.6) is 0 Å². The quantitative estimate of drug-likeness (QED) is 0.183. The molecule has 1 unspecified atom stereocenters. The summed E-state index contributed by atoms with van der Waals surface area (Å²) < 4.78 is 10.2. The summed E-state index contributed by atoms with van der Waals surface area (Å²) in [5.41, 5.74) is 0. The third-order valence-corrected chi connectivity index (χ3v) is 4.87. The topological polar surface area (TPSA) is 52.6 Å². The van der Waals surface area contributed by atoms with E-state index in [1.807, 2.05) is 6.92 Å². The molecule has 0 aliphatic carbocycles. The molecule has 27 heavy (non-hydrogen) atoms.